The van der Waals surface area contributed by atoms with E-state index < -0.39 is 11.8 Å². The number of amides is 2. The molecule has 30 heavy (non-hydrogen) atoms. The highest BCUT2D eigenvalue weighted by Gasteiger charge is 2.26. The normalized spacial score (nSPS) is 15.1. The van der Waals surface area contributed by atoms with E-state index in [1.807, 2.05) is 42.5 Å². The van der Waals surface area contributed by atoms with E-state index >= 15 is 0 Å². The van der Waals surface area contributed by atoms with Crippen LogP contribution in [0, 0.1) is 0 Å². The minimum Gasteiger partial charge on any atom is -0.346 e. The van der Waals surface area contributed by atoms with Crippen molar-refractivity contribution in [2.24, 2.45) is 0 Å². The number of benzene rings is 3. The van der Waals surface area contributed by atoms with E-state index in [0.717, 1.165) is 31.5 Å². The number of hydrogen-bond acceptors (Lipinski definition) is 3. The highest BCUT2D eigenvalue weighted by Crippen LogP contribution is 2.30. The van der Waals surface area contributed by atoms with E-state index in [0.29, 0.717) is 13.1 Å². The van der Waals surface area contributed by atoms with Gasteiger partial charge in [0.15, 0.2) is 0 Å². The lowest BCUT2D eigenvalue weighted by molar-refractivity contribution is -0.139. The van der Waals surface area contributed by atoms with Crippen molar-refractivity contribution in [3.05, 3.63) is 83.9 Å². The molecule has 0 unspecified atom stereocenters. The SMILES string of the molecule is O=C(NCc1ccccc1)C(=O)NC[C@@H](c1cccc2ccccc12)N1CCCC1. The molecule has 1 atom stereocenters. The van der Waals surface area contributed by atoms with Crippen LogP contribution in [-0.2, 0) is 16.1 Å². The number of nitrogens with one attached hydrogen (secondary N) is 2. The first kappa shape index (κ1) is 20.1. The summed E-state index contributed by atoms with van der Waals surface area (Å²) in [7, 11) is 0. The largest absolute Gasteiger partial charge is 0.346 e. The number of rotatable bonds is 6. The number of fused-ring (bicyclic) bond motifs is 1. The van der Waals surface area contributed by atoms with Crippen LogP contribution in [0.15, 0.2) is 72.8 Å². The minimum absolute atomic E-state index is 0.0458. The van der Waals surface area contributed by atoms with Crippen molar-refractivity contribution >= 4 is 22.6 Å². The molecule has 154 valence electrons. The van der Waals surface area contributed by atoms with Crippen LogP contribution in [0.1, 0.15) is 30.0 Å². The van der Waals surface area contributed by atoms with E-state index in [9.17, 15) is 9.59 Å². The van der Waals surface area contributed by atoms with E-state index in [1.54, 1.807) is 0 Å². The fraction of sp³-hybridized carbons (Fsp3) is 0.280. The van der Waals surface area contributed by atoms with Crippen molar-refractivity contribution in [2.45, 2.75) is 25.4 Å². The predicted octanol–water partition coefficient (Wildman–Crippen LogP) is 3.41. The van der Waals surface area contributed by atoms with Crippen molar-refractivity contribution < 1.29 is 9.59 Å². The van der Waals surface area contributed by atoms with Crippen LogP contribution in [0.25, 0.3) is 10.8 Å². The Bertz CT molecular complexity index is 1010. The molecule has 0 spiro atoms. The summed E-state index contributed by atoms with van der Waals surface area (Å²) in [6.07, 6.45) is 2.32. The van der Waals surface area contributed by atoms with Gasteiger partial charge in [0.1, 0.15) is 0 Å². The quantitative estimate of drug-likeness (QED) is 0.623. The molecular formula is C25H27N3O2. The molecule has 1 aliphatic heterocycles. The first-order chi connectivity index (χ1) is 14.7. The second-order valence-electron chi connectivity index (χ2n) is 7.71. The second-order valence-corrected chi connectivity index (χ2v) is 7.71. The maximum atomic E-state index is 12.4. The molecule has 0 radical (unpaired) electrons. The molecular weight excluding hydrogens is 374 g/mol. The van der Waals surface area contributed by atoms with E-state index in [4.69, 9.17) is 0 Å². The first-order valence-corrected chi connectivity index (χ1v) is 10.5. The van der Waals surface area contributed by atoms with Gasteiger partial charge in [-0.05, 0) is 47.8 Å². The van der Waals surface area contributed by atoms with Crippen LogP contribution >= 0.6 is 0 Å². The van der Waals surface area contributed by atoms with Gasteiger partial charge in [0.05, 0.1) is 6.04 Å². The number of carbonyl (C=O) groups is 2. The summed E-state index contributed by atoms with van der Waals surface area (Å²) in [5.41, 5.74) is 2.16. The Balaban J connectivity index is 1.45. The van der Waals surface area contributed by atoms with Crippen LogP contribution < -0.4 is 10.6 Å². The fourth-order valence-corrected chi connectivity index (χ4v) is 4.16. The summed E-state index contributed by atoms with van der Waals surface area (Å²) in [6.45, 7) is 2.76. The van der Waals surface area contributed by atoms with Gasteiger partial charge in [0.25, 0.3) is 0 Å². The molecule has 0 bridgehead atoms. The maximum Gasteiger partial charge on any atom is 0.309 e. The molecule has 0 aliphatic carbocycles. The van der Waals surface area contributed by atoms with Crippen LogP contribution in [-0.4, -0.2) is 36.3 Å². The van der Waals surface area contributed by atoms with Gasteiger partial charge in [-0.3, -0.25) is 14.5 Å². The Hall–Kier alpha value is -3.18. The van der Waals surface area contributed by atoms with Crippen LogP contribution in [0.5, 0.6) is 0 Å². The Kier molecular flexibility index (Phi) is 6.40. The third kappa shape index (κ3) is 4.69. The molecule has 3 aromatic rings. The molecule has 3 aromatic carbocycles. The zero-order chi connectivity index (χ0) is 20.8. The number of hydrogen-bond donors (Lipinski definition) is 2. The zero-order valence-corrected chi connectivity index (χ0v) is 17.0. The van der Waals surface area contributed by atoms with Gasteiger partial charge in [-0.1, -0.05) is 72.8 Å². The van der Waals surface area contributed by atoms with Crippen molar-refractivity contribution in [3.63, 3.8) is 0 Å². The lowest BCUT2D eigenvalue weighted by atomic mass is 9.97. The lowest BCUT2D eigenvalue weighted by Crippen LogP contribution is -2.43. The molecule has 4 rings (SSSR count). The molecule has 2 N–H and O–H groups in total. The van der Waals surface area contributed by atoms with Crippen LogP contribution in [0.3, 0.4) is 0 Å². The highest BCUT2D eigenvalue weighted by molar-refractivity contribution is 6.35. The van der Waals surface area contributed by atoms with Crippen molar-refractivity contribution in [3.8, 4) is 0 Å². The van der Waals surface area contributed by atoms with E-state index in [-0.39, 0.29) is 6.04 Å². The average molecular weight is 402 g/mol. The predicted molar refractivity (Wildman–Crippen MR) is 119 cm³/mol. The van der Waals surface area contributed by atoms with Gasteiger partial charge in [0, 0.05) is 13.1 Å². The monoisotopic (exact) mass is 401 g/mol. The molecule has 1 fully saturated rings. The molecule has 0 aromatic heterocycles. The summed E-state index contributed by atoms with van der Waals surface area (Å²) in [5.74, 6) is -1.19. The molecule has 1 aliphatic rings. The Morgan fingerprint density at radius 2 is 1.47 bits per heavy atom. The first-order valence-electron chi connectivity index (χ1n) is 10.5. The van der Waals surface area contributed by atoms with Gasteiger partial charge in [-0.25, -0.2) is 0 Å². The van der Waals surface area contributed by atoms with Crippen molar-refractivity contribution in [1.29, 1.82) is 0 Å². The Morgan fingerprint density at radius 3 is 2.27 bits per heavy atom. The zero-order valence-electron chi connectivity index (χ0n) is 17.0. The topological polar surface area (TPSA) is 61.4 Å². The summed E-state index contributed by atoms with van der Waals surface area (Å²) < 4.78 is 0. The minimum atomic E-state index is -0.600. The van der Waals surface area contributed by atoms with Crippen LogP contribution in [0.4, 0.5) is 0 Å². The smallest absolute Gasteiger partial charge is 0.309 e. The van der Waals surface area contributed by atoms with Gasteiger partial charge >= 0.3 is 11.8 Å². The third-order valence-corrected chi connectivity index (χ3v) is 5.72. The molecule has 1 saturated heterocycles. The van der Waals surface area contributed by atoms with Gasteiger partial charge in [0.2, 0.25) is 0 Å². The van der Waals surface area contributed by atoms with Crippen molar-refractivity contribution in [2.75, 3.05) is 19.6 Å². The molecule has 5 nitrogen and oxygen atoms in total. The maximum absolute atomic E-state index is 12.4. The van der Waals surface area contributed by atoms with Gasteiger partial charge < -0.3 is 10.6 Å². The number of carbonyl (C=O) groups excluding carboxylic acids is 2. The van der Waals surface area contributed by atoms with Crippen molar-refractivity contribution in [1.82, 2.24) is 15.5 Å². The average Bonchev–Trinajstić information content (AvgIpc) is 3.33. The van der Waals surface area contributed by atoms with Crippen LogP contribution in [0.2, 0.25) is 0 Å². The van der Waals surface area contributed by atoms with E-state index in [1.165, 1.54) is 16.3 Å². The summed E-state index contributed by atoms with van der Waals surface area (Å²) in [4.78, 5) is 27.1. The van der Waals surface area contributed by atoms with E-state index in [2.05, 4.69) is 45.9 Å². The Morgan fingerprint density at radius 1 is 0.800 bits per heavy atom. The number of nitrogens with zero attached hydrogens (tertiary/aromatic N) is 1. The van der Waals surface area contributed by atoms with Gasteiger partial charge in [-0.15, -0.1) is 0 Å². The molecule has 2 amide bonds. The summed E-state index contributed by atoms with van der Waals surface area (Å²) in [5, 5.41) is 7.94. The molecule has 1 heterocycles. The summed E-state index contributed by atoms with van der Waals surface area (Å²) in [6, 6.07) is 24.2. The second kappa shape index (κ2) is 9.55. The van der Waals surface area contributed by atoms with Gasteiger partial charge in [-0.2, -0.15) is 0 Å². The summed E-state index contributed by atoms with van der Waals surface area (Å²) >= 11 is 0. The Labute approximate surface area is 177 Å². The lowest BCUT2D eigenvalue weighted by Gasteiger charge is -2.29. The fourth-order valence-electron chi connectivity index (χ4n) is 4.16. The molecule has 5 heteroatoms. The highest BCUT2D eigenvalue weighted by atomic mass is 16.2. The number of likely N-dealkylation sites (tertiary alicyclic amines) is 1. The standard InChI is InChI=1S/C25H27N3O2/c29-24(26-17-19-9-2-1-3-10-19)25(30)27-18-23(28-15-6-7-16-28)22-14-8-12-20-11-4-5-13-21(20)22/h1-5,8-14,23H,6-7,15-18H2,(H,26,29)(H,27,30)/t23-/m0/s1. The third-order valence-electron chi connectivity index (χ3n) is 5.72. The molecule has 0 saturated carbocycles.